The van der Waals surface area contributed by atoms with Gasteiger partial charge in [0.25, 0.3) is 5.91 Å². The molecule has 130 valence electrons. The maximum Gasteiger partial charge on any atom is 0.259 e. The topological polar surface area (TPSA) is 73.3 Å². The number of halogens is 2. The van der Waals surface area contributed by atoms with Gasteiger partial charge in [0.2, 0.25) is 6.79 Å². The molecule has 0 aliphatic carbocycles. The lowest BCUT2D eigenvalue weighted by molar-refractivity contribution is 0.102. The fourth-order valence-corrected chi connectivity index (χ4v) is 3.06. The molecule has 0 fully saturated rings. The number of rotatable bonds is 3. The summed E-state index contributed by atoms with van der Waals surface area (Å²) in [6.45, 7) is 0.194. The van der Waals surface area contributed by atoms with Crippen LogP contribution in [0, 0.1) is 5.82 Å². The van der Waals surface area contributed by atoms with Crippen molar-refractivity contribution in [2.45, 2.75) is 0 Å². The molecule has 1 N–H and O–H groups in total. The van der Waals surface area contributed by atoms with Crippen molar-refractivity contribution < 1.29 is 18.7 Å². The van der Waals surface area contributed by atoms with Crippen LogP contribution in [-0.2, 0) is 0 Å². The molecule has 0 spiro atoms. The number of carbonyl (C=O) groups excluding carboxylic acids is 1. The van der Waals surface area contributed by atoms with E-state index in [9.17, 15) is 9.18 Å². The van der Waals surface area contributed by atoms with Crippen LogP contribution in [0.1, 0.15) is 10.4 Å². The minimum Gasteiger partial charge on any atom is -0.454 e. The third-order valence-corrected chi connectivity index (χ3v) is 4.45. The Morgan fingerprint density at radius 3 is 2.69 bits per heavy atom. The smallest absolute Gasteiger partial charge is 0.259 e. The first-order valence-corrected chi connectivity index (χ1v) is 8.37. The van der Waals surface area contributed by atoms with E-state index in [4.69, 9.17) is 9.47 Å². The Morgan fingerprint density at radius 2 is 1.96 bits per heavy atom. The van der Waals surface area contributed by atoms with Gasteiger partial charge in [-0.25, -0.2) is 9.37 Å². The van der Waals surface area contributed by atoms with Gasteiger partial charge in [0.1, 0.15) is 5.82 Å². The lowest BCUT2D eigenvalue weighted by atomic mass is 10.1. The number of pyridine rings is 2. The Morgan fingerprint density at radius 1 is 1.15 bits per heavy atom. The van der Waals surface area contributed by atoms with Gasteiger partial charge in [-0.15, -0.1) is 0 Å². The van der Waals surface area contributed by atoms with Crippen LogP contribution in [0.4, 0.5) is 10.2 Å². The number of nitrogens with one attached hydrogen (secondary N) is 1. The zero-order chi connectivity index (χ0) is 18.1. The zero-order valence-electron chi connectivity index (χ0n) is 13.2. The molecule has 0 saturated carbocycles. The molecule has 8 heteroatoms. The molecule has 3 aromatic rings. The van der Waals surface area contributed by atoms with Gasteiger partial charge < -0.3 is 14.8 Å². The first-order chi connectivity index (χ1) is 12.6. The van der Waals surface area contributed by atoms with Crippen LogP contribution in [0.3, 0.4) is 0 Å². The van der Waals surface area contributed by atoms with Crippen LogP contribution in [0.5, 0.6) is 11.5 Å². The maximum atomic E-state index is 13.6. The summed E-state index contributed by atoms with van der Waals surface area (Å²) < 4.78 is 25.2. The Kier molecular flexibility index (Phi) is 4.26. The molecular formula is C18H11BrFN3O3. The quantitative estimate of drug-likeness (QED) is 0.698. The van der Waals surface area contributed by atoms with Gasteiger partial charge in [0.15, 0.2) is 17.3 Å². The molecule has 0 bridgehead atoms. The molecule has 1 aromatic carbocycles. The molecule has 0 saturated heterocycles. The van der Waals surface area contributed by atoms with Gasteiger partial charge >= 0.3 is 0 Å². The van der Waals surface area contributed by atoms with E-state index in [2.05, 4.69) is 31.2 Å². The van der Waals surface area contributed by atoms with Gasteiger partial charge in [-0.1, -0.05) is 15.9 Å². The summed E-state index contributed by atoms with van der Waals surface area (Å²) in [6.07, 6.45) is 3.95. The van der Waals surface area contributed by atoms with Crippen molar-refractivity contribution in [2.24, 2.45) is 0 Å². The standard InChI is InChI=1S/C18H11BrFN3O3/c19-13-6-16-15(25-9-26-16)5-12(13)10-1-2-17(22-7-10)23-18(24)11-3-4-21-8-14(11)20/h1-8H,9H2,(H,22,23,24). The Hall–Kier alpha value is -3.00. The molecular weight excluding hydrogens is 405 g/mol. The largest absolute Gasteiger partial charge is 0.454 e. The Labute approximate surface area is 156 Å². The lowest BCUT2D eigenvalue weighted by Gasteiger charge is -2.08. The fourth-order valence-electron chi connectivity index (χ4n) is 2.51. The third kappa shape index (κ3) is 3.11. The minimum atomic E-state index is -0.689. The van der Waals surface area contributed by atoms with E-state index >= 15 is 0 Å². The van der Waals surface area contributed by atoms with Gasteiger partial charge in [-0.2, -0.15) is 0 Å². The SMILES string of the molecule is O=C(Nc1ccc(-c2cc3c(cc2Br)OCO3)cn1)c1ccncc1F. The van der Waals surface area contributed by atoms with Crippen molar-refractivity contribution in [1.82, 2.24) is 9.97 Å². The Balaban J connectivity index is 1.56. The highest BCUT2D eigenvalue weighted by molar-refractivity contribution is 9.10. The van der Waals surface area contributed by atoms with Crippen molar-refractivity contribution in [2.75, 3.05) is 12.1 Å². The highest BCUT2D eigenvalue weighted by Crippen LogP contribution is 2.40. The van der Waals surface area contributed by atoms with E-state index in [1.54, 1.807) is 18.3 Å². The molecule has 0 atom stereocenters. The van der Waals surface area contributed by atoms with E-state index in [-0.39, 0.29) is 12.4 Å². The van der Waals surface area contributed by atoms with E-state index in [1.165, 1.54) is 12.3 Å². The Bertz CT molecular complexity index is 995. The number of carbonyl (C=O) groups is 1. The number of nitrogens with zero attached hydrogens (tertiary/aromatic N) is 2. The summed E-state index contributed by atoms with van der Waals surface area (Å²) in [6, 6.07) is 8.44. The van der Waals surface area contributed by atoms with Crippen LogP contribution in [-0.4, -0.2) is 22.7 Å². The summed E-state index contributed by atoms with van der Waals surface area (Å²) in [5.41, 5.74) is 1.60. The molecule has 3 heterocycles. The normalized spacial score (nSPS) is 12.1. The van der Waals surface area contributed by atoms with E-state index in [0.29, 0.717) is 17.3 Å². The highest BCUT2D eigenvalue weighted by Gasteiger charge is 2.17. The van der Waals surface area contributed by atoms with Gasteiger partial charge in [0, 0.05) is 28.0 Å². The van der Waals surface area contributed by atoms with Gasteiger partial charge in [0.05, 0.1) is 11.8 Å². The summed E-state index contributed by atoms with van der Waals surface area (Å²) in [5, 5.41) is 2.56. The van der Waals surface area contributed by atoms with Gasteiger partial charge in [-0.05, 0) is 30.3 Å². The van der Waals surface area contributed by atoms with Crippen molar-refractivity contribution >= 4 is 27.7 Å². The van der Waals surface area contributed by atoms with Crippen molar-refractivity contribution in [3.8, 4) is 22.6 Å². The van der Waals surface area contributed by atoms with E-state index in [1.807, 2.05) is 12.1 Å². The molecule has 1 amide bonds. The molecule has 1 aliphatic heterocycles. The maximum absolute atomic E-state index is 13.6. The average Bonchev–Trinajstić information content (AvgIpc) is 3.09. The third-order valence-electron chi connectivity index (χ3n) is 3.80. The number of hydrogen-bond acceptors (Lipinski definition) is 5. The number of ether oxygens (including phenoxy) is 2. The second-order valence-corrected chi connectivity index (χ2v) is 6.28. The van der Waals surface area contributed by atoms with E-state index < -0.39 is 11.7 Å². The number of fused-ring (bicyclic) bond motifs is 1. The van der Waals surface area contributed by atoms with Crippen LogP contribution >= 0.6 is 15.9 Å². The second-order valence-electron chi connectivity index (χ2n) is 5.43. The first-order valence-electron chi connectivity index (χ1n) is 7.58. The number of benzene rings is 1. The predicted molar refractivity (Wildman–Crippen MR) is 95.6 cm³/mol. The molecule has 6 nitrogen and oxygen atoms in total. The van der Waals surface area contributed by atoms with Crippen LogP contribution < -0.4 is 14.8 Å². The number of amides is 1. The molecule has 1 aliphatic rings. The van der Waals surface area contributed by atoms with Gasteiger partial charge in [-0.3, -0.25) is 9.78 Å². The number of hydrogen-bond donors (Lipinski definition) is 1. The summed E-state index contributed by atoms with van der Waals surface area (Å²) in [7, 11) is 0. The monoisotopic (exact) mass is 415 g/mol. The molecule has 2 aromatic heterocycles. The van der Waals surface area contributed by atoms with Crippen molar-refractivity contribution in [1.29, 1.82) is 0 Å². The van der Waals surface area contributed by atoms with Crippen molar-refractivity contribution in [3.63, 3.8) is 0 Å². The first kappa shape index (κ1) is 16.5. The highest BCUT2D eigenvalue weighted by atomic mass is 79.9. The molecule has 4 rings (SSSR count). The van der Waals surface area contributed by atoms with Crippen LogP contribution in [0.2, 0.25) is 0 Å². The molecule has 0 unspecified atom stereocenters. The van der Waals surface area contributed by atoms with E-state index in [0.717, 1.165) is 21.8 Å². The number of aromatic nitrogens is 2. The second kappa shape index (κ2) is 6.72. The summed E-state index contributed by atoms with van der Waals surface area (Å²) in [4.78, 5) is 20.0. The van der Waals surface area contributed by atoms with Crippen LogP contribution in [0.15, 0.2) is 53.4 Å². The number of anilines is 1. The molecule has 26 heavy (non-hydrogen) atoms. The molecule has 0 radical (unpaired) electrons. The zero-order valence-corrected chi connectivity index (χ0v) is 14.8. The average molecular weight is 416 g/mol. The minimum absolute atomic E-state index is 0.0932. The lowest BCUT2D eigenvalue weighted by Crippen LogP contribution is -2.14. The summed E-state index contributed by atoms with van der Waals surface area (Å²) in [5.74, 6) is 0.373. The fraction of sp³-hybridized carbons (Fsp3) is 0.0556. The summed E-state index contributed by atoms with van der Waals surface area (Å²) >= 11 is 3.50. The predicted octanol–water partition coefficient (Wildman–Crippen LogP) is 4.03. The van der Waals surface area contributed by atoms with Crippen LogP contribution in [0.25, 0.3) is 11.1 Å². The van der Waals surface area contributed by atoms with Crippen molar-refractivity contribution in [3.05, 3.63) is 64.8 Å².